The number of amides is 1. The van der Waals surface area contributed by atoms with Crippen LogP contribution in [-0.4, -0.2) is 34.9 Å². The largest absolute Gasteiger partial charge is 0.486 e. The first-order chi connectivity index (χ1) is 13.3. The van der Waals surface area contributed by atoms with Crippen LogP contribution < -0.4 is 14.8 Å². The van der Waals surface area contributed by atoms with Gasteiger partial charge in [0.25, 0.3) is 5.91 Å². The summed E-state index contributed by atoms with van der Waals surface area (Å²) in [6.45, 7) is 1.49. The molecule has 0 aliphatic carbocycles. The zero-order valence-corrected chi connectivity index (χ0v) is 15.7. The molecule has 1 aliphatic rings. The molecule has 27 heavy (non-hydrogen) atoms. The van der Waals surface area contributed by atoms with Crippen molar-refractivity contribution in [1.82, 2.24) is 14.9 Å². The van der Waals surface area contributed by atoms with Crippen molar-refractivity contribution in [3.05, 3.63) is 66.0 Å². The Hall–Kier alpha value is -2.93. The van der Waals surface area contributed by atoms with Crippen molar-refractivity contribution < 1.29 is 14.3 Å². The van der Waals surface area contributed by atoms with E-state index in [1.165, 1.54) is 11.8 Å². The van der Waals surface area contributed by atoms with Crippen LogP contribution in [0.25, 0.3) is 5.69 Å². The molecule has 2 aromatic carbocycles. The molecule has 0 radical (unpaired) electrons. The fraction of sp³-hybridized carbons (Fsp3) is 0.200. The number of carbonyl (C=O) groups is 1. The molecule has 1 aromatic heterocycles. The Bertz CT molecular complexity index is 956. The molecule has 0 saturated carbocycles. The molecule has 1 aliphatic heterocycles. The van der Waals surface area contributed by atoms with Crippen molar-refractivity contribution in [2.45, 2.75) is 11.7 Å². The number of fused-ring (bicyclic) bond motifs is 1. The maximum atomic E-state index is 12.8. The average Bonchev–Trinajstić information content (AvgIpc) is 3.17. The van der Waals surface area contributed by atoms with Gasteiger partial charge in [-0.1, -0.05) is 36.0 Å². The summed E-state index contributed by atoms with van der Waals surface area (Å²) in [5, 5.41) is 3.73. The van der Waals surface area contributed by atoms with Gasteiger partial charge < -0.3 is 14.8 Å². The third kappa shape index (κ3) is 3.64. The fourth-order valence-corrected chi connectivity index (χ4v) is 3.48. The van der Waals surface area contributed by atoms with E-state index in [4.69, 9.17) is 9.47 Å². The summed E-state index contributed by atoms with van der Waals surface area (Å²) in [4.78, 5) is 17.2. The van der Waals surface area contributed by atoms with Gasteiger partial charge in [-0.3, -0.25) is 9.36 Å². The minimum Gasteiger partial charge on any atom is -0.486 e. The van der Waals surface area contributed by atoms with Crippen molar-refractivity contribution >= 4 is 17.7 Å². The highest BCUT2D eigenvalue weighted by Gasteiger charge is 2.18. The summed E-state index contributed by atoms with van der Waals surface area (Å²) in [5.41, 5.74) is 2.36. The second kappa shape index (κ2) is 7.75. The van der Waals surface area contributed by atoms with Crippen LogP contribution in [0.3, 0.4) is 0 Å². The van der Waals surface area contributed by atoms with Gasteiger partial charge >= 0.3 is 0 Å². The normalized spacial score (nSPS) is 12.6. The minimum absolute atomic E-state index is 0.179. The van der Waals surface area contributed by atoms with Crippen LogP contribution in [0, 0.1) is 0 Å². The van der Waals surface area contributed by atoms with E-state index in [0.717, 1.165) is 22.2 Å². The highest BCUT2D eigenvalue weighted by atomic mass is 32.2. The van der Waals surface area contributed by atoms with Gasteiger partial charge in [0, 0.05) is 12.2 Å². The number of ether oxygens (including phenoxy) is 2. The van der Waals surface area contributed by atoms with Crippen molar-refractivity contribution in [3.63, 3.8) is 0 Å². The lowest BCUT2D eigenvalue weighted by Crippen LogP contribution is -2.25. The first-order valence-corrected chi connectivity index (χ1v) is 9.82. The number of hydrogen-bond donors (Lipinski definition) is 1. The van der Waals surface area contributed by atoms with Crippen LogP contribution in [-0.2, 0) is 6.54 Å². The van der Waals surface area contributed by atoms with E-state index in [1.54, 1.807) is 6.20 Å². The molecule has 138 valence electrons. The molecule has 0 atom stereocenters. The highest BCUT2D eigenvalue weighted by molar-refractivity contribution is 7.98. The van der Waals surface area contributed by atoms with Crippen molar-refractivity contribution in [3.8, 4) is 17.2 Å². The summed E-state index contributed by atoms with van der Waals surface area (Å²) < 4.78 is 13.0. The van der Waals surface area contributed by atoms with E-state index in [9.17, 15) is 4.79 Å². The van der Waals surface area contributed by atoms with E-state index >= 15 is 0 Å². The lowest BCUT2D eigenvalue weighted by atomic mass is 10.2. The van der Waals surface area contributed by atoms with Crippen molar-refractivity contribution in [2.24, 2.45) is 0 Å². The Morgan fingerprint density at radius 3 is 2.70 bits per heavy atom. The van der Waals surface area contributed by atoms with Gasteiger partial charge in [0.15, 0.2) is 16.7 Å². The second-order valence-electron chi connectivity index (χ2n) is 5.96. The van der Waals surface area contributed by atoms with Gasteiger partial charge in [-0.2, -0.15) is 0 Å². The summed E-state index contributed by atoms with van der Waals surface area (Å²) in [6, 6.07) is 15.4. The van der Waals surface area contributed by atoms with Crippen molar-refractivity contribution in [1.29, 1.82) is 0 Å². The number of hydrogen-bond acceptors (Lipinski definition) is 5. The van der Waals surface area contributed by atoms with Crippen molar-refractivity contribution in [2.75, 3.05) is 19.5 Å². The fourth-order valence-electron chi connectivity index (χ4n) is 2.94. The molecule has 4 rings (SSSR count). The Kier molecular flexibility index (Phi) is 5.02. The van der Waals surface area contributed by atoms with Gasteiger partial charge in [-0.25, -0.2) is 4.98 Å². The number of carbonyl (C=O) groups excluding carboxylic acids is 1. The molecule has 3 aromatic rings. The monoisotopic (exact) mass is 381 g/mol. The third-order valence-corrected chi connectivity index (χ3v) is 4.87. The topological polar surface area (TPSA) is 65.4 Å². The van der Waals surface area contributed by atoms with Gasteiger partial charge in [0.05, 0.1) is 6.20 Å². The predicted octanol–water partition coefficient (Wildman–Crippen LogP) is 3.30. The third-order valence-electron chi connectivity index (χ3n) is 4.22. The Morgan fingerprint density at radius 2 is 1.93 bits per heavy atom. The average molecular weight is 381 g/mol. The number of benzene rings is 2. The van der Waals surface area contributed by atoms with E-state index in [1.807, 2.05) is 59.4 Å². The molecule has 0 unspecified atom stereocenters. The first kappa shape index (κ1) is 17.5. The number of thioether (sulfide) groups is 1. The standard InChI is InChI=1S/C20H19N3O3S/c1-27-20-22-13-16(23(20)15-5-3-2-4-6-15)19(24)21-12-14-7-8-17-18(11-14)26-10-9-25-17/h2-8,11,13H,9-10,12H2,1H3,(H,21,24). The number of nitrogens with zero attached hydrogens (tertiary/aromatic N) is 2. The summed E-state index contributed by atoms with van der Waals surface area (Å²) in [5.74, 6) is 1.27. The maximum Gasteiger partial charge on any atom is 0.270 e. The zero-order chi connectivity index (χ0) is 18.6. The molecule has 0 fully saturated rings. The second-order valence-corrected chi connectivity index (χ2v) is 6.74. The van der Waals surface area contributed by atoms with Crippen LogP contribution >= 0.6 is 11.8 Å². The van der Waals surface area contributed by atoms with Crippen LogP contribution in [0.1, 0.15) is 16.1 Å². The maximum absolute atomic E-state index is 12.8. The van der Waals surface area contributed by atoms with Gasteiger partial charge in [-0.05, 0) is 36.1 Å². The van der Waals surface area contributed by atoms with E-state index < -0.39 is 0 Å². The smallest absolute Gasteiger partial charge is 0.270 e. The van der Waals surface area contributed by atoms with E-state index in [0.29, 0.717) is 31.2 Å². The Morgan fingerprint density at radius 1 is 1.15 bits per heavy atom. The van der Waals surface area contributed by atoms with Gasteiger partial charge in [-0.15, -0.1) is 0 Å². The first-order valence-electron chi connectivity index (χ1n) is 8.60. The highest BCUT2D eigenvalue weighted by Crippen LogP contribution is 2.30. The Balaban J connectivity index is 1.53. The van der Waals surface area contributed by atoms with Gasteiger partial charge in [0.2, 0.25) is 0 Å². The number of para-hydroxylation sites is 1. The molecule has 0 bridgehead atoms. The molecule has 6 nitrogen and oxygen atoms in total. The van der Waals surface area contributed by atoms with Gasteiger partial charge in [0.1, 0.15) is 18.9 Å². The lowest BCUT2D eigenvalue weighted by Gasteiger charge is -2.19. The SMILES string of the molecule is CSc1ncc(C(=O)NCc2ccc3c(c2)OCCO3)n1-c1ccccc1. The molecule has 2 heterocycles. The number of imidazole rings is 1. The molecule has 7 heteroatoms. The molecule has 0 saturated heterocycles. The van der Waals surface area contributed by atoms with Crippen LogP contribution in [0.5, 0.6) is 11.5 Å². The predicted molar refractivity (Wildman–Crippen MR) is 104 cm³/mol. The van der Waals surface area contributed by atoms with E-state index in [2.05, 4.69) is 10.3 Å². The minimum atomic E-state index is -0.179. The zero-order valence-electron chi connectivity index (χ0n) is 14.8. The number of aromatic nitrogens is 2. The summed E-state index contributed by atoms with van der Waals surface area (Å²) >= 11 is 1.50. The molecule has 1 amide bonds. The lowest BCUT2D eigenvalue weighted by molar-refractivity contribution is 0.0943. The summed E-state index contributed by atoms with van der Waals surface area (Å²) in [6.07, 6.45) is 3.55. The van der Waals surface area contributed by atoms with Crippen LogP contribution in [0.4, 0.5) is 0 Å². The number of nitrogens with one attached hydrogen (secondary N) is 1. The Labute approximate surface area is 161 Å². The van der Waals surface area contributed by atoms with Crippen LogP contribution in [0.15, 0.2) is 59.9 Å². The molecule has 0 spiro atoms. The summed E-state index contributed by atoms with van der Waals surface area (Å²) in [7, 11) is 0. The number of rotatable bonds is 5. The van der Waals surface area contributed by atoms with E-state index in [-0.39, 0.29) is 5.91 Å². The van der Waals surface area contributed by atoms with Crippen LogP contribution in [0.2, 0.25) is 0 Å². The molecular formula is C20H19N3O3S. The molecular weight excluding hydrogens is 362 g/mol. The quantitative estimate of drug-likeness (QED) is 0.687. The molecule has 1 N–H and O–H groups in total.